The summed E-state index contributed by atoms with van der Waals surface area (Å²) in [7, 11) is 0. The molecule has 0 bridgehead atoms. The number of fused-ring (bicyclic) bond motifs is 2. The van der Waals surface area contributed by atoms with Crippen molar-refractivity contribution in [1.82, 2.24) is 4.90 Å². The number of piperazine rings is 1. The van der Waals surface area contributed by atoms with Gasteiger partial charge in [-0.05, 0) is 67.4 Å². The Kier molecular flexibility index (Phi) is 6.86. The van der Waals surface area contributed by atoms with Crippen molar-refractivity contribution in [2.24, 2.45) is 0 Å². The molecule has 1 fully saturated rings. The third-order valence-electron chi connectivity index (χ3n) is 7.86. The number of benzene rings is 4. The number of urea groups is 1. The highest BCUT2D eigenvalue weighted by Gasteiger charge is 2.36. The molecule has 0 saturated carbocycles. The zero-order chi connectivity index (χ0) is 27.6. The van der Waals surface area contributed by atoms with Crippen LogP contribution in [0.1, 0.15) is 28.2 Å². The van der Waals surface area contributed by atoms with E-state index in [-0.39, 0.29) is 17.9 Å². The SMILES string of the molecule is Cc1cccc(NC(=O)Nc2ccc(N3CCN(C(=O)C4c5ccccc5Oc5ccccc54)CC3)cc2)c1C. The van der Waals surface area contributed by atoms with Crippen molar-refractivity contribution in [3.05, 3.63) is 113 Å². The van der Waals surface area contributed by atoms with Gasteiger partial charge in [0.05, 0.1) is 5.92 Å². The van der Waals surface area contributed by atoms with E-state index in [0.717, 1.165) is 63.9 Å². The van der Waals surface area contributed by atoms with Crippen LogP contribution >= 0.6 is 0 Å². The number of ether oxygens (including phenoxy) is 1. The Hall–Kier alpha value is -4.78. The quantitative estimate of drug-likeness (QED) is 0.313. The Labute approximate surface area is 234 Å². The average Bonchev–Trinajstić information content (AvgIpc) is 2.98. The van der Waals surface area contributed by atoms with Crippen LogP contribution in [0.5, 0.6) is 11.5 Å². The van der Waals surface area contributed by atoms with Gasteiger partial charge in [0.15, 0.2) is 0 Å². The standard InChI is InChI=1S/C33H32N4O3/c1-22-8-7-11-28(23(22)2)35-33(39)34-24-14-16-25(17-15-24)36-18-20-37(21-19-36)32(38)31-26-9-3-5-12-29(26)40-30-13-6-4-10-27(30)31/h3-17,31H,18-21H2,1-2H3,(H2,34,35,39). The second-order valence-electron chi connectivity index (χ2n) is 10.3. The Morgan fingerprint density at radius 3 is 2.00 bits per heavy atom. The second kappa shape index (κ2) is 10.8. The number of hydrogen-bond acceptors (Lipinski definition) is 4. The van der Waals surface area contributed by atoms with Crippen molar-refractivity contribution in [3.63, 3.8) is 0 Å². The predicted octanol–water partition coefficient (Wildman–Crippen LogP) is 6.53. The molecule has 0 radical (unpaired) electrons. The number of para-hydroxylation sites is 2. The first kappa shape index (κ1) is 25.5. The van der Waals surface area contributed by atoms with Crippen molar-refractivity contribution < 1.29 is 14.3 Å². The number of carbonyl (C=O) groups is 2. The normalized spacial score (nSPS) is 14.6. The fourth-order valence-corrected chi connectivity index (χ4v) is 5.47. The molecule has 7 heteroatoms. The van der Waals surface area contributed by atoms with Crippen LogP contribution < -0.4 is 20.3 Å². The molecular weight excluding hydrogens is 500 g/mol. The molecule has 1 saturated heterocycles. The molecule has 7 nitrogen and oxygen atoms in total. The van der Waals surface area contributed by atoms with Gasteiger partial charge in [-0.1, -0.05) is 48.5 Å². The van der Waals surface area contributed by atoms with E-state index in [0.29, 0.717) is 13.1 Å². The molecule has 0 aliphatic carbocycles. The maximum atomic E-state index is 13.8. The number of aryl methyl sites for hydroxylation is 1. The summed E-state index contributed by atoms with van der Waals surface area (Å²) in [6, 6.07) is 29.0. The Morgan fingerprint density at radius 2 is 1.35 bits per heavy atom. The maximum absolute atomic E-state index is 13.8. The molecule has 2 aliphatic rings. The third-order valence-corrected chi connectivity index (χ3v) is 7.86. The smallest absolute Gasteiger partial charge is 0.323 e. The number of nitrogens with one attached hydrogen (secondary N) is 2. The molecule has 2 N–H and O–H groups in total. The van der Waals surface area contributed by atoms with Crippen LogP contribution in [-0.4, -0.2) is 43.0 Å². The fourth-order valence-electron chi connectivity index (χ4n) is 5.47. The van der Waals surface area contributed by atoms with Gasteiger partial charge >= 0.3 is 6.03 Å². The van der Waals surface area contributed by atoms with E-state index >= 15 is 0 Å². The van der Waals surface area contributed by atoms with Gasteiger partial charge in [0.25, 0.3) is 0 Å². The Bertz CT molecular complexity index is 1510. The lowest BCUT2D eigenvalue weighted by Gasteiger charge is -2.38. The van der Waals surface area contributed by atoms with E-state index in [9.17, 15) is 9.59 Å². The number of hydrogen-bond donors (Lipinski definition) is 2. The van der Waals surface area contributed by atoms with Crippen molar-refractivity contribution in [3.8, 4) is 11.5 Å². The summed E-state index contributed by atoms with van der Waals surface area (Å²) in [4.78, 5) is 30.6. The molecule has 202 valence electrons. The first-order valence-electron chi connectivity index (χ1n) is 13.6. The molecule has 3 amide bonds. The summed E-state index contributed by atoms with van der Waals surface area (Å²) in [6.45, 7) is 6.76. The van der Waals surface area contributed by atoms with Crippen LogP contribution in [0.4, 0.5) is 21.9 Å². The zero-order valence-corrected chi connectivity index (χ0v) is 22.7. The number of nitrogens with zero attached hydrogens (tertiary/aromatic N) is 2. The van der Waals surface area contributed by atoms with E-state index in [1.165, 1.54) is 0 Å². The van der Waals surface area contributed by atoms with Gasteiger partial charge in [0.2, 0.25) is 5.91 Å². The number of anilines is 3. The van der Waals surface area contributed by atoms with Crippen molar-refractivity contribution in [1.29, 1.82) is 0 Å². The monoisotopic (exact) mass is 532 g/mol. The molecule has 40 heavy (non-hydrogen) atoms. The zero-order valence-electron chi connectivity index (χ0n) is 22.7. The van der Waals surface area contributed by atoms with Crippen LogP contribution in [-0.2, 0) is 4.79 Å². The molecule has 0 spiro atoms. The molecular formula is C33H32N4O3. The molecule has 4 aromatic rings. The Morgan fingerprint density at radius 1 is 0.725 bits per heavy atom. The highest BCUT2D eigenvalue weighted by Crippen LogP contribution is 2.44. The van der Waals surface area contributed by atoms with Crippen LogP contribution in [0.15, 0.2) is 91.0 Å². The largest absolute Gasteiger partial charge is 0.457 e. The number of carbonyl (C=O) groups excluding carboxylic acids is 2. The van der Waals surface area contributed by atoms with E-state index in [4.69, 9.17) is 4.74 Å². The predicted molar refractivity (Wildman–Crippen MR) is 159 cm³/mol. The molecule has 0 unspecified atom stereocenters. The van der Waals surface area contributed by atoms with Crippen molar-refractivity contribution in [2.45, 2.75) is 19.8 Å². The first-order valence-corrected chi connectivity index (χ1v) is 13.6. The molecule has 0 atom stereocenters. The summed E-state index contributed by atoms with van der Waals surface area (Å²) in [6.07, 6.45) is 0. The van der Waals surface area contributed by atoms with E-state index in [1.54, 1.807) is 0 Å². The molecule has 6 rings (SSSR count). The average molecular weight is 533 g/mol. The van der Waals surface area contributed by atoms with Gasteiger partial charge in [0.1, 0.15) is 11.5 Å². The first-order chi connectivity index (χ1) is 19.5. The summed E-state index contributed by atoms with van der Waals surface area (Å²) < 4.78 is 6.08. The number of amides is 3. The molecule has 0 aromatic heterocycles. The van der Waals surface area contributed by atoms with Gasteiger partial charge in [-0.3, -0.25) is 4.79 Å². The minimum atomic E-state index is -0.368. The summed E-state index contributed by atoms with van der Waals surface area (Å²) in [5, 5.41) is 5.84. The lowest BCUT2D eigenvalue weighted by atomic mass is 9.86. The summed E-state index contributed by atoms with van der Waals surface area (Å²) in [5.41, 5.74) is 6.60. The highest BCUT2D eigenvalue weighted by atomic mass is 16.5. The van der Waals surface area contributed by atoms with E-state index < -0.39 is 0 Å². The van der Waals surface area contributed by atoms with Gasteiger partial charge in [0, 0.05) is 54.4 Å². The minimum absolute atomic E-state index is 0.109. The van der Waals surface area contributed by atoms with Gasteiger partial charge in [-0.2, -0.15) is 0 Å². The van der Waals surface area contributed by atoms with Gasteiger partial charge in [-0.25, -0.2) is 4.79 Å². The van der Waals surface area contributed by atoms with Crippen LogP contribution in [0.25, 0.3) is 0 Å². The summed E-state index contributed by atoms with van der Waals surface area (Å²) in [5.74, 6) is 1.23. The molecule has 2 heterocycles. The van der Waals surface area contributed by atoms with E-state index in [1.807, 2.05) is 110 Å². The van der Waals surface area contributed by atoms with Crippen LogP contribution in [0.3, 0.4) is 0 Å². The topological polar surface area (TPSA) is 73.9 Å². The lowest BCUT2D eigenvalue weighted by Crippen LogP contribution is -2.50. The molecule has 4 aromatic carbocycles. The van der Waals surface area contributed by atoms with Crippen LogP contribution in [0, 0.1) is 13.8 Å². The molecule has 2 aliphatic heterocycles. The lowest BCUT2D eigenvalue weighted by molar-refractivity contribution is -0.132. The summed E-state index contributed by atoms with van der Waals surface area (Å²) >= 11 is 0. The van der Waals surface area contributed by atoms with Crippen molar-refractivity contribution in [2.75, 3.05) is 41.7 Å². The van der Waals surface area contributed by atoms with Crippen LogP contribution in [0.2, 0.25) is 0 Å². The Balaban J connectivity index is 1.08. The third kappa shape index (κ3) is 4.98. The maximum Gasteiger partial charge on any atom is 0.323 e. The van der Waals surface area contributed by atoms with Gasteiger partial charge in [-0.15, -0.1) is 0 Å². The number of rotatable bonds is 4. The van der Waals surface area contributed by atoms with Crippen molar-refractivity contribution >= 4 is 29.0 Å². The second-order valence-corrected chi connectivity index (χ2v) is 10.3. The van der Waals surface area contributed by atoms with Gasteiger partial charge < -0.3 is 25.2 Å². The highest BCUT2D eigenvalue weighted by molar-refractivity contribution is 6.00. The minimum Gasteiger partial charge on any atom is -0.457 e. The van der Waals surface area contributed by atoms with E-state index in [2.05, 4.69) is 15.5 Å². The fraction of sp³-hybridized carbons (Fsp3) is 0.212.